The largest absolute Gasteiger partial charge is 0.385 e. The van der Waals surface area contributed by atoms with Gasteiger partial charge in [-0.3, -0.25) is 9.59 Å². The van der Waals surface area contributed by atoms with Crippen molar-refractivity contribution in [3.8, 4) is 0 Å². The van der Waals surface area contributed by atoms with Crippen LogP contribution in [0.3, 0.4) is 0 Å². The predicted octanol–water partition coefficient (Wildman–Crippen LogP) is 2.18. The van der Waals surface area contributed by atoms with E-state index in [1.807, 2.05) is 25.1 Å². The molecule has 2 rings (SSSR count). The quantitative estimate of drug-likeness (QED) is 0.600. The Morgan fingerprint density at radius 1 is 1.17 bits per heavy atom. The summed E-state index contributed by atoms with van der Waals surface area (Å²) < 4.78 is 6.62. The first-order valence-electron chi connectivity index (χ1n) is 7.64. The highest BCUT2D eigenvalue weighted by Crippen LogP contribution is 2.14. The molecule has 1 aromatic carbocycles. The van der Waals surface area contributed by atoms with Crippen LogP contribution in [0.1, 0.15) is 28.0 Å². The molecule has 1 aromatic heterocycles. The summed E-state index contributed by atoms with van der Waals surface area (Å²) in [5, 5.41) is 2.82. The fraction of sp³-hybridized carbons (Fsp3) is 0.333. The van der Waals surface area contributed by atoms with Gasteiger partial charge < -0.3 is 14.6 Å². The number of hydrogen-bond acceptors (Lipinski definition) is 3. The Morgan fingerprint density at radius 3 is 2.70 bits per heavy atom. The van der Waals surface area contributed by atoms with Gasteiger partial charge >= 0.3 is 0 Å². The fourth-order valence-electron chi connectivity index (χ4n) is 2.38. The number of nitrogens with one attached hydrogen (secondary N) is 1. The van der Waals surface area contributed by atoms with E-state index >= 15 is 0 Å². The maximum absolute atomic E-state index is 12.7. The van der Waals surface area contributed by atoms with Crippen LogP contribution in [0, 0.1) is 6.92 Å². The third-order valence-electron chi connectivity index (χ3n) is 3.61. The molecular formula is C18H22N2O3. The molecule has 1 N–H and O–H groups in total. The summed E-state index contributed by atoms with van der Waals surface area (Å²) in [5.74, 6) is -0.184. The summed E-state index contributed by atoms with van der Waals surface area (Å²) in [6.07, 6.45) is 2.52. The summed E-state index contributed by atoms with van der Waals surface area (Å²) in [5.41, 5.74) is 2.11. The first-order chi connectivity index (χ1) is 11.1. The minimum atomic E-state index is -0.115. The van der Waals surface area contributed by atoms with Crippen molar-refractivity contribution in [1.29, 1.82) is 0 Å². The smallest absolute Gasteiger partial charge is 0.239 e. The van der Waals surface area contributed by atoms with E-state index in [0.717, 1.165) is 12.0 Å². The third-order valence-corrected chi connectivity index (χ3v) is 3.61. The molecule has 0 radical (unpaired) electrons. The number of nitrogens with zero attached hydrogens (tertiary/aromatic N) is 1. The van der Waals surface area contributed by atoms with Crippen molar-refractivity contribution in [2.24, 2.45) is 0 Å². The lowest BCUT2D eigenvalue weighted by atomic mass is 10.0. The Morgan fingerprint density at radius 2 is 1.96 bits per heavy atom. The number of carbonyl (C=O) groups is 2. The van der Waals surface area contributed by atoms with Crippen LogP contribution < -0.4 is 5.32 Å². The standard InChI is InChI=1S/C18H22N2O3/c1-14-7-3-4-8-15(14)18(22)16-9-5-11-20(16)13-17(21)19-10-6-12-23-2/h3-5,7-9,11H,6,10,12-13H2,1-2H3,(H,19,21). The molecule has 1 amide bonds. The summed E-state index contributed by atoms with van der Waals surface area (Å²) in [4.78, 5) is 24.6. The molecule has 122 valence electrons. The highest BCUT2D eigenvalue weighted by Gasteiger charge is 2.16. The molecule has 0 spiro atoms. The van der Waals surface area contributed by atoms with Crippen molar-refractivity contribution in [2.45, 2.75) is 19.9 Å². The number of methoxy groups -OCH3 is 1. The SMILES string of the molecule is COCCCNC(=O)Cn1cccc1C(=O)c1ccccc1C. The lowest BCUT2D eigenvalue weighted by Crippen LogP contribution is -2.29. The van der Waals surface area contributed by atoms with E-state index in [1.54, 1.807) is 36.1 Å². The Labute approximate surface area is 136 Å². The van der Waals surface area contributed by atoms with Gasteiger partial charge in [-0.05, 0) is 31.0 Å². The van der Waals surface area contributed by atoms with Gasteiger partial charge in [-0.15, -0.1) is 0 Å². The van der Waals surface area contributed by atoms with Gasteiger partial charge in [0.25, 0.3) is 0 Å². The zero-order chi connectivity index (χ0) is 16.7. The number of aromatic nitrogens is 1. The average molecular weight is 314 g/mol. The van der Waals surface area contributed by atoms with Gasteiger partial charge in [-0.2, -0.15) is 0 Å². The van der Waals surface area contributed by atoms with E-state index in [4.69, 9.17) is 4.74 Å². The number of ketones is 1. The van der Waals surface area contributed by atoms with Gasteiger partial charge in [0, 0.05) is 32.0 Å². The van der Waals surface area contributed by atoms with Gasteiger partial charge in [0.2, 0.25) is 11.7 Å². The van der Waals surface area contributed by atoms with E-state index in [9.17, 15) is 9.59 Å². The second-order valence-electron chi connectivity index (χ2n) is 5.36. The van der Waals surface area contributed by atoms with Crippen LogP contribution in [-0.4, -0.2) is 36.5 Å². The molecule has 5 nitrogen and oxygen atoms in total. The molecule has 0 saturated heterocycles. The van der Waals surface area contributed by atoms with E-state index in [0.29, 0.717) is 24.4 Å². The Balaban J connectivity index is 2.03. The Kier molecular flexibility index (Phi) is 6.11. The van der Waals surface area contributed by atoms with Gasteiger partial charge in [0.05, 0.1) is 5.69 Å². The van der Waals surface area contributed by atoms with E-state index in [1.165, 1.54) is 0 Å². The highest BCUT2D eigenvalue weighted by atomic mass is 16.5. The van der Waals surface area contributed by atoms with Crippen LogP contribution in [0.5, 0.6) is 0 Å². The van der Waals surface area contributed by atoms with E-state index in [2.05, 4.69) is 5.32 Å². The van der Waals surface area contributed by atoms with Crippen LogP contribution in [0.25, 0.3) is 0 Å². The van der Waals surface area contributed by atoms with Crippen LogP contribution in [0.2, 0.25) is 0 Å². The molecule has 0 saturated carbocycles. The number of aryl methyl sites for hydroxylation is 1. The lowest BCUT2D eigenvalue weighted by molar-refractivity contribution is -0.121. The van der Waals surface area contributed by atoms with Crippen molar-refractivity contribution in [2.75, 3.05) is 20.3 Å². The number of rotatable bonds is 8. The number of amides is 1. The topological polar surface area (TPSA) is 60.3 Å². The van der Waals surface area contributed by atoms with Gasteiger partial charge in [0.1, 0.15) is 6.54 Å². The second-order valence-corrected chi connectivity index (χ2v) is 5.36. The minimum absolute atomic E-state index is 0.0692. The van der Waals surface area contributed by atoms with Crippen LogP contribution in [0.4, 0.5) is 0 Å². The molecular weight excluding hydrogens is 292 g/mol. The number of carbonyl (C=O) groups excluding carboxylic acids is 2. The monoisotopic (exact) mass is 314 g/mol. The second kappa shape index (κ2) is 8.29. The maximum atomic E-state index is 12.7. The van der Waals surface area contributed by atoms with Crippen molar-refractivity contribution in [1.82, 2.24) is 9.88 Å². The summed E-state index contributed by atoms with van der Waals surface area (Å²) in [7, 11) is 1.63. The molecule has 0 fully saturated rings. The molecule has 0 atom stereocenters. The first kappa shape index (κ1) is 17.0. The van der Waals surface area contributed by atoms with E-state index < -0.39 is 0 Å². The number of hydrogen-bond donors (Lipinski definition) is 1. The highest BCUT2D eigenvalue weighted by molar-refractivity contribution is 6.09. The lowest BCUT2D eigenvalue weighted by Gasteiger charge is -2.10. The number of ether oxygens (including phenoxy) is 1. The molecule has 2 aromatic rings. The molecule has 0 unspecified atom stereocenters. The molecule has 23 heavy (non-hydrogen) atoms. The summed E-state index contributed by atoms with van der Waals surface area (Å²) in [6, 6.07) is 11.0. The molecule has 5 heteroatoms. The molecule has 1 heterocycles. The summed E-state index contributed by atoms with van der Waals surface area (Å²) >= 11 is 0. The van der Waals surface area contributed by atoms with Crippen molar-refractivity contribution >= 4 is 11.7 Å². The normalized spacial score (nSPS) is 10.5. The van der Waals surface area contributed by atoms with Crippen molar-refractivity contribution in [3.05, 3.63) is 59.4 Å². The van der Waals surface area contributed by atoms with Crippen LogP contribution in [-0.2, 0) is 16.1 Å². The van der Waals surface area contributed by atoms with Crippen LogP contribution >= 0.6 is 0 Å². The molecule has 0 aliphatic heterocycles. The van der Waals surface area contributed by atoms with Crippen molar-refractivity contribution in [3.63, 3.8) is 0 Å². The Hall–Kier alpha value is -2.40. The van der Waals surface area contributed by atoms with Gasteiger partial charge in [-0.25, -0.2) is 0 Å². The maximum Gasteiger partial charge on any atom is 0.239 e. The summed E-state index contributed by atoms with van der Waals surface area (Å²) in [6.45, 7) is 3.21. The first-order valence-corrected chi connectivity index (χ1v) is 7.64. The molecule has 0 bridgehead atoms. The number of benzene rings is 1. The van der Waals surface area contributed by atoms with Gasteiger partial charge in [-0.1, -0.05) is 24.3 Å². The zero-order valence-electron chi connectivity index (χ0n) is 13.5. The molecule has 0 aliphatic carbocycles. The molecule has 0 aliphatic rings. The van der Waals surface area contributed by atoms with Gasteiger partial charge in [0.15, 0.2) is 0 Å². The van der Waals surface area contributed by atoms with Crippen molar-refractivity contribution < 1.29 is 14.3 Å². The Bertz CT molecular complexity index is 676. The average Bonchev–Trinajstić information content (AvgIpc) is 2.99. The zero-order valence-corrected chi connectivity index (χ0v) is 13.5. The third kappa shape index (κ3) is 4.53. The van der Waals surface area contributed by atoms with E-state index in [-0.39, 0.29) is 18.2 Å². The predicted molar refractivity (Wildman–Crippen MR) is 88.5 cm³/mol. The van der Waals surface area contributed by atoms with Crippen LogP contribution in [0.15, 0.2) is 42.6 Å². The fourth-order valence-corrected chi connectivity index (χ4v) is 2.38. The minimum Gasteiger partial charge on any atom is -0.385 e.